The Morgan fingerprint density at radius 3 is 2.75 bits per heavy atom. The van der Waals surface area contributed by atoms with Gasteiger partial charge in [0.1, 0.15) is 24.2 Å². The van der Waals surface area contributed by atoms with E-state index in [0.717, 1.165) is 33.7 Å². The third-order valence-corrected chi connectivity index (χ3v) is 6.77. The summed E-state index contributed by atoms with van der Waals surface area (Å²) < 4.78 is 8.50. The number of pyridine rings is 1. The maximum Gasteiger partial charge on any atom is 0.226 e. The summed E-state index contributed by atoms with van der Waals surface area (Å²) in [6, 6.07) is 18.0. The second-order valence-electron chi connectivity index (χ2n) is 7.58. The van der Waals surface area contributed by atoms with Crippen LogP contribution in [0.3, 0.4) is 0 Å². The van der Waals surface area contributed by atoms with Gasteiger partial charge in [-0.25, -0.2) is 4.68 Å². The van der Waals surface area contributed by atoms with E-state index in [4.69, 9.17) is 16.3 Å². The quantitative estimate of drug-likeness (QED) is 0.402. The van der Waals surface area contributed by atoms with Gasteiger partial charge in [0.15, 0.2) is 0 Å². The molecule has 0 fully saturated rings. The fourth-order valence-corrected chi connectivity index (χ4v) is 4.93. The van der Waals surface area contributed by atoms with Gasteiger partial charge in [-0.3, -0.25) is 4.98 Å². The highest BCUT2D eigenvalue weighted by molar-refractivity contribution is 7.98. The number of thioether (sulfide) groups is 1. The van der Waals surface area contributed by atoms with Crippen molar-refractivity contribution in [3.8, 4) is 5.75 Å². The van der Waals surface area contributed by atoms with Crippen molar-refractivity contribution < 1.29 is 4.74 Å². The van der Waals surface area contributed by atoms with Crippen LogP contribution in [0.5, 0.6) is 5.75 Å². The van der Waals surface area contributed by atoms with Crippen molar-refractivity contribution in [2.75, 3.05) is 11.6 Å². The zero-order valence-corrected chi connectivity index (χ0v) is 18.6. The highest BCUT2D eigenvalue weighted by Gasteiger charge is 2.41. The van der Waals surface area contributed by atoms with Gasteiger partial charge in [-0.15, -0.1) is 11.8 Å². The third-order valence-electron chi connectivity index (χ3n) is 5.79. The van der Waals surface area contributed by atoms with Crippen LogP contribution in [0.2, 0.25) is 5.02 Å². The Balaban J connectivity index is 1.61. The van der Waals surface area contributed by atoms with Crippen LogP contribution in [0.25, 0.3) is 5.70 Å². The SMILES string of the molecule is CSc1ccc([C@H]2Oc3ccc(Cl)cc3C3=C2[C@@H](c2cccnc2)n2ncnc2N3)cc1. The second kappa shape index (κ2) is 7.69. The first-order chi connectivity index (χ1) is 15.7. The van der Waals surface area contributed by atoms with Crippen molar-refractivity contribution >= 4 is 35.0 Å². The van der Waals surface area contributed by atoms with Gasteiger partial charge >= 0.3 is 0 Å². The van der Waals surface area contributed by atoms with Crippen LogP contribution in [0, 0.1) is 0 Å². The Bertz CT molecular complexity index is 1340. The van der Waals surface area contributed by atoms with E-state index < -0.39 is 0 Å². The number of anilines is 1. The molecule has 4 aromatic rings. The first kappa shape index (κ1) is 19.4. The topological polar surface area (TPSA) is 64.9 Å². The van der Waals surface area contributed by atoms with Crippen LogP contribution >= 0.6 is 23.4 Å². The molecule has 1 N–H and O–H groups in total. The van der Waals surface area contributed by atoms with Crippen molar-refractivity contribution in [2.24, 2.45) is 0 Å². The Kier molecular flexibility index (Phi) is 4.66. The van der Waals surface area contributed by atoms with Gasteiger partial charge < -0.3 is 10.1 Å². The molecule has 4 heterocycles. The molecule has 6 rings (SSSR count). The van der Waals surface area contributed by atoms with E-state index in [1.807, 2.05) is 35.1 Å². The fraction of sp³-hybridized carbons (Fsp3) is 0.125. The predicted molar refractivity (Wildman–Crippen MR) is 126 cm³/mol. The van der Waals surface area contributed by atoms with Crippen LogP contribution in [0.15, 0.2) is 83.8 Å². The minimum absolute atomic E-state index is 0.227. The highest BCUT2D eigenvalue weighted by atomic mass is 35.5. The van der Waals surface area contributed by atoms with Crippen molar-refractivity contribution in [1.29, 1.82) is 0 Å². The number of hydrogen-bond donors (Lipinski definition) is 1. The molecule has 0 aliphatic carbocycles. The summed E-state index contributed by atoms with van der Waals surface area (Å²) >= 11 is 8.09. The number of benzene rings is 2. The van der Waals surface area contributed by atoms with Gasteiger partial charge in [-0.1, -0.05) is 29.8 Å². The summed E-state index contributed by atoms with van der Waals surface area (Å²) in [4.78, 5) is 10.0. The lowest BCUT2D eigenvalue weighted by atomic mass is 9.85. The van der Waals surface area contributed by atoms with Gasteiger partial charge in [0.2, 0.25) is 5.95 Å². The molecule has 0 bridgehead atoms. The largest absolute Gasteiger partial charge is 0.480 e. The molecule has 2 aliphatic heterocycles. The van der Waals surface area contributed by atoms with Crippen LogP contribution in [0.4, 0.5) is 5.95 Å². The van der Waals surface area contributed by atoms with E-state index in [9.17, 15) is 0 Å². The minimum Gasteiger partial charge on any atom is -0.480 e. The molecular formula is C24H18ClN5OS. The molecule has 6 nitrogen and oxygen atoms in total. The highest BCUT2D eigenvalue weighted by Crippen LogP contribution is 2.50. The molecule has 8 heteroatoms. The normalized spacial score (nSPS) is 18.8. The van der Waals surface area contributed by atoms with Crippen LogP contribution < -0.4 is 10.1 Å². The van der Waals surface area contributed by atoms with E-state index in [2.05, 4.69) is 57.0 Å². The number of halogens is 1. The maximum absolute atomic E-state index is 6.61. The Morgan fingerprint density at radius 2 is 1.97 bits per heavy atom. The van der Waals surface area contributed by atoms with Gasteiger partial charge in [0.05, 0.1) is 5.70 Å². The number of nitrogens with one attached hydrogen (secondary N) is 1. The lowest BCUT2D eigenvalue weighted by Crippen LogP contribution is -2.32. The summed E-state index contributed by atoms with van der Waals surface area (Å²) in [5, 5.41) is 8.67. The number of hydrogen-bond acceptors (Lipinski definition) is 6. The van der Waals surface area contributed by atoms with E-state index >= 15 is 0 Å². The monoisotopic (exact) mass is 459 g/mol. The maximum atomic E-state index is 6.61. The lowest BCUT2D eigenvalue weighted by Gasteiger charge is -2.38. The third kappa shape index (κ3) is 3.08. The first-order valence-electron chi connectivity index (χ1n) is 10.1. The molecule has 2 atom stereocenters. The Labute approximate surface area is 194 Å². The first-order valence-corrected chi connectivity index (χ1v) is 11.7. The molecule has 0 saturated heterocycles. The summed E-state index contributed by atoms with van der Waals surface area (Å²) in [7, 11) is 0. The molecule has 32 heavy (non-hydrogen) atoms. The molecule has 0 spiro atoms. The van der Waals surface area contributed by atoms with Crippen LogP contribution in [0.1, 0.15) is 28.8 Å². The van der Waals surface area contributed by atoms with Gasteiger partial charge in [0, 0.05) is 33.4 Å². The van der Waals surface area contributed by atoms with Crippen molar-refractivity contribution in [3.63, 3.8) is 0 Å². The average molecular weight is 460 g/mol. The molecule has 158 valence electrons. The van der Waals surface area contributed by atoms with Crippen molar-refractivity contribution in [3.05, 3.63) is 101 Å². The van der Waals surface area contributed by atoms with Gasteiger partial charge in [-0.2, -0.15) is 10.1 Å². The average Bonchev–Trinajstić information content (AvgIpc) is 3.31. The molecule has 2 aromatic carbocycles. The fourth-order valence-electron chi connectivity index (χ4n) is 4.35. The van der Waals surface area contributed by atoms with Crippen LogP contribution in [-0.4, -0.2) is 26.0 Å². The van der Waals surface area contributed by atoms with E-state index in [0.29, 0.717) is 11.0 Å². The number of ether oxygens (including phenoxy) is 1. The number of aromatic nitrogens is 4. The molecule has 0 saturated carbocycles. The summed E-state index contributed by atoms with van der Waals surface area (Å²) in [6.45, 7) is 0. The summed E-state index contributed by atoms with van der Waals surface area (Å²) in [5.74, 6) is 1.44. The molecule has 0 radical (unpaired) electrons. The van der Waals surface area contributed by atoms with E-state index in [1.54, 1.807) is 24.3 Å². The number of rotatable bonds is 3. The van der Waals surface area contributed by atoms with Crippen LogP contribution in [-0.2, 0) is 0 Å². The van der Waals surface area contributed by atoms with Gasteiger partial charge in [0.25, 0.3) is 0 Å². The number of nitrogens with zero attached hydrogens (tertiary/aromatic N) is 4. The molecule has 2 aliphatic rings. The molecule has 0 amide bonds. The van der Waals surface area contributed by atoms with E-state index in [-0.39, 0.29) is 12.1 Å². The zero-order chi connectivity index (χ0) is 21.7. The molecular weight excluding hydrogens is 442 g/mol. The second-order valence-corrected chi connectivity index (χ2v) is 8.90. The smallest absolute Gasteiger partial charge is 0.226 e. The minimum atomic E-state index is -0.315. The summed E-state index contributed by atoms with van der Waals surface area (Å²) in [6.07, 6.45) is 6.96. The number of fused-ring (bicyclic) bond motifs is 3. The molecule has 2 aromatic heterocycles. The Morgan fingerprint density at radius 1 is 1.09 bits per heavy atom. The lowest BCUT2D eigenvalue weighted by molar-refractivity contribution is 0.223. The Hall–Kier alpha value is -3.29. The van der Waals surface area contributed by atoms with Crippen molar-refractivity contribution in [2.45, 2.75) is 17.0 Å². The van der Waals surface area contributed by atoms with Crippen molar-refractivity contribution in [1.82, 2.24) is 19.7 Å². The predicted octanol–water partition coefficient (Wildman–Crippen LogP) is 5.61. The summed E-state index contributed by atoms with van der Waals surface area (Å²) in [5.41, 5.74) is 4.97. The molecule has 0 unspecified atom stereocenters. The standard InChI is InChI=1S/C24H18ClN5OS/c1-32-17-7-4-14(5-8-17)23-20-21(18-11-16(25)6-9-19(18)31-23)29-24-27-13-28-30(24)22(20)15-3-2-10-26-12-15/h2-13,22-23H,1H3,(H,27,28,29)/t22-,23-/m1/s1. The van der Waals surface area contributed by atoms with Gasteiger partial charge in [-0.05, 0) is 53.8 Å². The zero-order valence-electron chi connectivity index (χ0n) is 17.1. The van der Waals surface area contributed by atoms with E-state index in [1.165, 1.54) is 4.90 Å².